The average Bonchev–Trinajstić information content (AvgIpc) is 2.53. The maximum atomic E-state index is 13.2. The minimum atomic E-state index is -5.08. The molecule has 3 N–H and O–H groups in total. The number of allylic oxidation sites excluding steroid dienone is 1. The van der Waals surface area contributed by atoms with E-state index in [1.54, 1.807) is 0 Å². The highest BCUT2D eigenvalue weighted by molar-refractivity contribution is 6.09. The van der Waals surface area contributed by atoms with E-state index >= 15 is 0 Å². The third-order valence-electron chi connectivity index (χ3n) is 3.28. The molecule has 0 bridgehead atoms. The van der Waals surface area contributed by atoms with Crippen molar-refractivity contribution in [3.63, 3.8) is 0 Å². The van der Waals surface area contributed by atoms with Crippen molar-refractivity contribution in [3.05, 3.63) is 57.8 Å². The number of hydrogen-bond donors (Lipinski definition) is 3. The lowest BCUT2D eigenvalue weighted by molar-refractivity contribution is -0.383. The standard InChI is InChI=1S/C15H10F3N3O4/c16-15(17,18)13(10(7-19)14(22)23)20-11-5-6-12(21(24)25)9-4-2-1-3-8(9)11/h1-7,19-20H,(H,22,23)/b13-10+,19-7?. The summed E-state index contributed by atoms with van der Waals surface area (Å²) in [5, 5.41) is 29.0. The zero-order valence-electron chi connectivity index (χ0n) is 12.3. The molecule has 0 aliphatic rings. The number of nitrogens with zero attached hydrogens (tertiary/aromatic N) is 1. The Kier molecular flexibility index (Phi) is 4.72. The van der Waals surface area contributed by atoms with Crippen molar-refractivity contribution in [2.24, 2.45) is 0 Å². The van der Waals surface area contributed by atoms with Crippen LogP contribution in [-0.4, -0.2) is 28.4 Å². The molecule has 25 heavy (non-hydrogen) atoms. The van der Waals surface area contributed by atoms with Gasteiger partial charge in [0.25, 0.3) is 5.69 Å². The number of carbonyl (C=O) groups is 1. The Hall–Kier alpha value is -3.43. The van der Waals surface area contributed by atoms with Crippen molar-refractivity contribution >= 4 is 34.3 Å². The van der Waals surface area contributed by atoms with Crippen molar-refractivity contribution in [3.8, 4) is 0 Å². The van der Waals surface area contributed by atoms with E-state index in [1.165, 1.54) is 24.3 Å². The number of aliphatic carboxylic acids is 1. The number of benzene rings is 2. The molecule has 0 atom stereocenters. The van der Waals surface area contributed by atoms with Gasteiger partial charge in [-0.05, 0) is 12.1 Å². The zero-order chi connectivity index (χ0) is 18.8. The summed E-state index contributed by atoms with van der Waals surface area (Å²) in [6.45, 7) is 0. The number of anilines is 1. The van der Waals surface area contributed by atoms with E-state index in [4.69, 9.17) is 10.5 Å². The SMILES string of the molecule is N=C/C(C(=O)O)=C(\Nc1ccc([N+](=O)[O-])c2ccccc12)C(F)(F)F. The first-order chi connectivity index (χ1) is 11.7. The predicted molar refractivity (Wildman–Crippen MR) is 83.7 cm³/mol. The Bertz CT molecular complexity index is 907. The van der Waals surface area contributed by atoms with Crippen molar-refractivity contribution in [2.45, 2.75) is 6.18 Å². The highest BCUT2D eigenvalue weighted by atomic mass is 19.4. The summed E-state index contributed by atoms with van der Waals surface area (Å²) in [5.41, 5.74) is -3.40. The predicted octanol–water partition coefficient (Wildman–Crippen LogP) is 3.71. The van der Waals surface area contributed by atoms with Crippen LogP contribution in [0.3, 0.4) is 0 Å². The van der Waals surface area contributed by atoms with Crippen LogP contribution in [-0.2, 0) is 4.79 Å². The second-order valence-corrected chi connectivity index (χ2v) is 4.80. The number of halogens is 3. The molecule has 2 aromatic carbocycles. The number of carboxylic acids is 1. The molecule has 0 saturated carbocycles. The van der Waals surface area contributed by atoms with E-state index in [0.29, 0.717) is 0 Å². The van der Waals surface area contributed by atoms with Crippen LogP contribution in [0.1, 0.15) is 0 Å². The van der Waals surface area contributed by atoms with Crippen LogP contribution in [0.25, 0.3) is 10.8 Å². The molecule has 0 amide bonds. The largest absolute Gasteiger partial charge is 0.478 e. The van der Waals surface area contributed by atoms with Crippen LogP contribution in [0.2, 0.25) is 0 Å². The van der Waals surface area contributed by atoms with E-state index < -0.39 is 28.3 Å². The molecule has 2 aromatic rings. The molecule has 0 spiro atoms. The van der Waals surface area contributed by atoms with Crippen LogP contribution in [0, 0.1) is 15.5 Å². The summed E-state index contributed by atoms with van der Waals surface area (Å²) in [5.74, 6) is -1.93. The molecule has 0 aliphatic heterocycles. The Balaban J connectivity index is 2.70. The maximum Gasteiger partial charge on any atom is 0.432 e. The van der Waals surface area contributed by atoms with Gasteiger partial charge >= 0.3 is 12.1 Å². The molecule has 0 saturated heterocycles. The van der Waals surface area contributed by atoms with Crippen LogP contribution >= 0.6 is 0 Å². The van der Waals surface area contributed by atoms with Gasteiger partial charge in [0.2, 0.25) is 0 Å². The van der Waals surface area contributed by atoms with Gasteiger partial charge in [-0.3, -0.25) is 10.1 Å². The van der Waals surface area contributed by atoms with E-state index in [9.17, 15) is 28.1 Å². The second-order valence-electron chi connectivity index (χ2n) is 4.80. The Morgan fingerprint density at radius 2 is 1.80 bits per heavy atom. The third kappa shape index (κ3) is 3.57. The van der Waals surface area contributed by atoms with Gasteiger partial charge < -0.3 is 15.8 Å². The van der Waals surface area contributed by atoms with Crippen molar-refractivity contribution in [1.82, 2.24) is 0 Å². The van der Waals surface area contributed by atoms with Gasteiger partial charge in [0.1, 0.15) is 11.3 Å². The van der Waals surface area contributed by atoms with Crippen LogP contribution in [0.15, 0.2) is 47.7 Å². The van der Waals surface area contributed by atoms with Crippen LogP contribution < -0.4 is 5.32 Å². The number of hydrogen-bond acceptors (Lipinski definition) is 5. The Labute approximate surface area is 138 Å². The van der Waals surface area contributed by atoms with E-state index in [-0.39, 0.29) is 28.4 Å². The lowest BCUT2D eigenvalue weighted by atomic mass is 10.1. The van der Waals surface area contributed by atoms with Crippen molar-refractivity contribution < 1.29 is 28.0 Å². The second kappa shape index (κ2) is 6.59. The van der Waals surface area contributed by atoms with Gasteiger partial charge in [-0.15, -0.1) is 0 Å². The van der Waals surface area contributed by atoms with E-state index in [2.05, 4.69) is 0 Å². The summed E-state index contributed by atoms with van der Waals surface area (Å²) < 4.78 is 39.6. The first-order valence-electron chi connectivity index (χ1n) is 6.65. The van der Waals surface area contributed by atoms with Gasteiger partial charge in [-0.1, -0.05) is 18.2 Å². The fraction of sp³-hybridized carbons (Fsp3) is 0.0667. The van der Waals surface area contributed by atoms with E-state index in [0.717, 1.165) is 12.1 Å². The number of nitrogens with one attached hydrogen (secondary N) is 2. The van der Waals surface area contributed by atoms with Crippen molar-refractivity contribution in [2.75, 3.05) is 5.32 Å². The highest BCUT2D eigenvalue weighted by Gasteiger charge is 2.38. The summed E-state index contributed by atoms with van der Waals surface area (Å²) in [7, 11) is 0. The third-order valence-corrected chi connectivity index (χ3v) is 3.28. The number of nitro groups is 1. The fourth-order valence-electron chi connectivity index (χ4n) is 2.22. The molecule has 7 nitrogen and oxygen atoms in total. The highest BCUT2D eigenvalue weighted by Crippen LogP contribution is 2.35. The lowest BCUT2D eigenvalue weighted by Crippen LogP contribution is -2.24. The Morgan fingerprint density at radius 1 is 1.20 bits per heavy atom. The van der Waals surface area contributed by atoms with Gasteiger partial charge in [0, 0.05) is 23.4 Å². The number of carboxylic acid groups (broad SMARTS) is 1. The van der Waals surface area contributed by atoms with Crippen LogP contribution in [0.5, 0.6) is 0 Å². The molecule has 0 radical (unpaired) electrons. The summed E-state index contributed by atoms with van der Waals surface area (Å²) in [4.78, 5) is 21.3. The molecule has 2 rings (SSSR count). The number of rotatable bonds is 5. The molecular weight excluding hydrogens is 343 g/mol. The summed E-state index contributed by atoms with van der Waals surface area (Å²) in [6, 6.07) is 7.76. The van der Waals surface area contributed by atoms with Crippen LogP contribution in [0.4, 0.5) is 24.5 Å². The topological polar surface area (TPSA) is 116 Å². The normalized spacial score (nSPS) is 12.4. The molecule has 0 fully saturated rings. The number of fused-ring (bicyclic) bond motifs is 1. The molecule has 0 aromatic heterocycles. The Morgan fingerprint density at radius 3 is 2.28 bits per heavy atom. The molecule has 0 aliphatic carbocycles. The quantitative estimate of drug-likeness (QED) is 0.328. The zero-order valence-corrected chi connectivity index (χ0v) is 12.3. The fourth-order valence-corrected chi connectivity index (χ4v) is 2.22. The smallest absolute Gasteiger partial charge is 0.432 e. The van der Waals surface area contributed by atoms with Gasteiger partial charge in [0.05, 0.1) is 10.3 Å². The number of non-ortho nitro benzene ring substituents is 1. The molecule has 130 valence electrons. The molecule has 0 unspecified atom stereocenters. The summed E-state index contributed by atoms with van der Waals surface area (Å²) >= 11 is 0. The lowest BCUT2D eigenvalue weighted by Gasteiger charge is -2.17. The molecule has 10 heteroatoms. The minimum Gasteiger partial charge on any atom is -0.478 e. The number of alkyl halides is 3. The summed E-state index contributed by atoms with van der Waals surface area (Å²) in [6.07, 6.45) is -5.00. The molecule has 0 heterocycles. The minimum absolute atomic E-state index is 0.0751. The van der Waals surface area contributed by atoms with Gasteiger partial charge in [-0.25, -0.2) is 4.79 Å². The average molecular weight is 353 g/mol. The van der Waals surface area contributed by atoms with Crippen molar-refractivity contribution in [1.29, 1.82) is 5.41 Å². The first kappa shape index (κ1) is 17.9. The maximum absolute atomic E-state index is 13.2. The van der Waals surface area contributed by atoms with E-state index in [1.807, 2.05) is 5.32 Å². The molecular formula is C15H10F3N3O4. The monoisotopic (exact) mass is 353 g/mol. The van der Waals surface area contributed by atoms with Gasteiger partial charge in [0.15, 0.2) is 0 Å². The van der Waals surface area contributed by atoms with Gasteiger partial charge in [-0.2, -0.15) is 13.2 Å². The number of nitro benzene ring substituents is 1. The first-order valence-corrected chi connectivity index (χ1v) is 6.65.